The van der Waals surface area contributed by atoms with Gasteiger partial charge in [0.05, 0.1) is 6.04 Å². The average molecular weight is 362 g/mol. The van der Waals surface area contributed by atoms with E-state index in [1.807, 2.05) is 41.4 Å². The highest BCUT2D eigenvalue weighted by Gasteiger charge is 2.29. The Hall–Kier alpha value is -2.79. The summed E-state index contributed by atoms with van der Waals surface area (Å²) in [6.07, 6.45) is 2.86. The molecule has 140 valence electrons. The summed E-state index contributed by atoms with van der Waals surface area (Å²) in [6, 6.07) is 18.7. The van der Waals surface area contributed by atoms with Crippen molar-refractivity contribution in [1.82, 2.24) is 20.1 Å². The van der Waals surface area contributed by atoms with Gasteiger partial charge in [-0.05, 0) is 30.7 Å². The van der Waals surface area contributed by atoms with Gasteiger partial charge in [-0.2, -0.15) is 0 Å². The van der Waals surface area contributed by atoms with Crippen LogP contribution in [0.3, 0.4) is 0 Å². The number of rotatable bonds is 4. The van der Waals surface area contributed by atoms with E-state index in [9.17, 15) is 4.79 Å². The fraction of sp³-hybridized carbons (Fsp3) is 0.318. The maximum absolute atomic E-state index is 12.9. The third-order valence-electron chi connectivity index (χ3n) is 5.37. The van der Waals surface area contributed by atoms with Crippen LogP contribution in [0.1, 0.15) is 17.2 Å². The molecular formula is C22H26N4O. The Labute approximate surface area is 160 Å². The van der Waals surface area contributed by atoms with Crippen molar-refractivity contribution in [3.63, 3.8) is 0 Å². The molecule has 1 atom stereocenters. The van der Waals surface area contributed by atoms with Gasteiger partial charge in [0.1, 0.15) is 0 Å². The third-order valence-corrected chi connectivity index (χ3v) is 5.37. The molecule has 4 rings (SSSR count). The number of carbonyl (C=O) groups is 1. The lowest BCUT2D eigenvalue weighted by Crippen LogP contribution is -2.52. The molecule has 0 saturated carbocycles. The molecule has 1 aromatic heterocycles. The van der Waals surface area contributed by atoms with Gasteiger partial charge in [0.2, 0.25) is 0 Å². The van der Waals surface area contributed by atoms with Crippen LogP contribution in [-0.2, 0) is 6.42 Å². The minimum absolute atomic E-state index is 0.0248. The Morgan fingerprint density at radius 3 is 2.74 bits per heavy atom. The standard InChI is InChI=1S/C22H26N4O/c1-25-13-14-26(21(16-25)17-7-3-2-4-8-17)22(27)23-12-11-18-15-24-20-10-6-5-9-19(18)20/h2-10,15,21,24H,11-14,16H2,1H3,(H,23,27). The number of aromatic amines is 1. The van der Waals surface area contributed by atoms with Crippen molar-refractivity contribution in [2.24, 2.45) is 0 Å². The van der Waals surface area contributed by atoms with Gasteiger partial charge in [0.15, 0.2) is 0 Å². The highest BCUT2D eigenvalue weighted by Crippen LogP contribution is 2.25. The normalized spacial score (nSPS) is 18.0. The maximum Gasteiger partial charge on any atom is 0.318 e. The Bertz CT molecular complexity index is 905. The average Bonchev–Trinajstić information content (AvgIpc) is 3.12. The number of para-hydroxylation sites is 1. The molecule has 1 aliphatic heterocycles. The lowest BCUT2D eigenvalue weighted by atomic mass is 10.0. The summed E-state index contributed by atoms with van der Waals surface area (Å²) in [6.45, 7) is 3.14. The van der Waals surface area contributed by atoms with Gasteiger partial charge in [-0.3, -0.25) is 0 Å². The van der Waals surface area contributed by atoms with E-state index in [2.05, 4.69) is 46.5 Å². The predicted molar refractivity (Wildman–Crippen MR) is 109 cm³/mol. The zero-order chi connectivity index (χ0) is 18.6. The summed E-state index contributed by atoms with van der Waals surface area (Å²) >= 11 is 0. The van der Waals surface area contributed by atoms with Gasteiger partial charge >= 0.3 is 6.03 Å². The number of piperazine rings is 1. The zero-order valence-electron chi connectivity index (χ0n) is 15.7. The summed E-state index contributed by atoms with van der Waals surface area (Å²) in [5.74, 6) is 0. The lowest BCUT2D eigenvalue weighted by molar-refractivity contribution is 0.109. The number of hydrogen-bond donors (Lipinski definition) is 2. The van der Waals surface area contributed by atoms with Crippen LogP contribution in [0.15, 0.2) is 60.8 Å². The first-order valence-corrected chi connectivity index (χ1v) is 9.55. The third kappa shape index (κ3) is 3.83. The second-order valence-corrected chi connectivity index (χ2v) is 7.22. The molecule has 1 saturated heterocycles. The lowest BCUT2D eigenvalue weighted by Gasteiger charge is -2.40. The van der Waals surface area contributed by atoms with E-state index in [0.29, 0.717) is 6.54 Å². The summed E-state index contributed by atoms with van der Waals surface area (Å²) in [5.41, 5.74) is 3.57. The number of urea groups is 1. The number of carbonyl (C=O) groups excluding carboxylic acids is 1. The summed E-state index contributed by atoms with van der Waals surface area (Å²) < 4.78 is 0. The molecule has 2 aromatic carbocycles. The first kappa shape index (κ1) is 17.6. The van der Waals surface area contributed by atoms with Crippen molar-refractivity contribution in [2.45, 2.75) is 12.5 Å². The van der Waals surface area contributed by atoms with Crippen molar-refractivity contribution in [2.75, 3.05) is 33.2 Å². The van der Waals surface area contributed by atoms with Gasteiger partial charge in [0.25, 0.3) is 0 Å². The Kier molecular flexibility index (Phi) is 5.12. The summed E-state index contributed by atoms with van der Waals surface area (Å²) in [5, 5.41) is 4.35. The van der Waals surface area contributed by atoms with Crippen molar-refractivity contribution < 1.29 is 4.79 Å². The first-order chi connectivity index (χ1) is 13.2. The van der Waals surface area contributed by atoms with Crippen molar-refractivity contribution in [1.29, 1.82) is 0 Å². The molecule has 2 N–H and O–H groups in total. The number of aromatic nitrogens is 1. The smallest absolute Gasteiger partial charge is 0.318 e. The monoisotopic (exact) mass is 362 g/mol. The van der Waals surface area contributed by atoms with E-state index in [0.717, 1.165) is 31.6 Å². The van der Waals surface area contributed by atoms with Gasteiger partial charge in [0, 0.05) is 43.3 Å². The minimum atomic E-state index is 0.0248. The van der Waals surface area contributed by atoms with Crippen LogP contribution in [0.25, 0.3) is 10.9 Å². The van der Waals surface area contributed by atoms with Crippen LogP contribution < -0.4 is 5.32 Å². The number of fused-ring (bicyclic) bond motifs is 1. The van der Waals surface area contributed by atoms with Crippen molar-refractivity contribution in [3.8, 4) is 0 Å². The molecule has 1 fully saturated rings. The molecule has 3 aromatic rings. The number of nitrogens with zero attached hydrogens (tertiary/aromatic N) is 2. The molecule has 2 heterocycles. The molecule has 1 aliphatic rings. The van der Waals surface area contributed by atoms with Crippen LogP contribution in [0.4, 0.5) is 4.79 Å². The number of H-pyrrole nitrogens is 1. The van der Waals surface area contributed by atoms with Crippen molar-refractivity contribution >= 4 is 16.9 Å². The Balaban J connectivity index is 1.40. The van der Waals surface area contributed by atoms with Gasteiger partial charge in [-0.25, -0.2) is 4.79 Å². The van der Waals surface area contributed by atoms with E-state index < -0.39 is 0 Å². The van der Waals surface area contributed by atoms with Crippen LogP contribution in [0.5, 0.6) is 0 Å². The fourth-order valence-electron chi connectivity index (χ4n) is 3.87. The molecule has 0 bridgehead atoms. The van der Waals surface area contributed by atoms with E-state index in [1.165, 1.54) is 16.5 Å². The summed E-state index contributed by atoms with van der Waals surface area (Å²) in [4.78, 5) is 20.4. The first-order valence-electron chi connectivity index (χ1n) is 9.55. The molecule has 1 unspecified atom stereocenters. The maximum atomic E-state index is 12.9. The quantitative estimate of drug-likeness (QED) is 0.747. The molecule has 0 aliphatic carbocycles. The number of likely N-dealkylation sites (N-methyl/N-ethyl adjacent to an activating group) is 1. The molecule has 2 amide bonds. The van der Waals surface area contributed by atoms with Gasteiger partial charge in [-0.1, -0.05) is 48.5 Å². The number of hydrogen-bond acceptors (Lipinski definition) is 2. The highest BCUT2D eigenvalue weighted by atomic mass is 16.2. The molecule has 0 spiro atoms. The molecule has 27 heavy (non-hydrogen) atoms. The Morgan fingerprint density at radius 2 is 1.89 bits per heavy atom. The van der Waals surface area contributed by atoms with E-state index in [-0.39, 0.29) is 12.1 Å². The zero-order valence-corrected chi connectivity index (χ0v) is 15.7. The van der Waals surface area contributed by atoms with Gasteiger partial charge in [-0.15, -0.1) is 0 Å². The fourth-order valence-corrected chi connectivity index (χ4v) is 3.87. The Morgan fingerprint density at radius 1 is 1.11 bits per heavy atom. The summed E-state index contributed by atoms with van der Waals surface area (Å²) in [7, 11) is 2.11. The van der Waals surface area contributed by atoms with E-state index >= 15 is 0 Å². The number of amides is 2. The largest absolute Gasteiger partial charge is 0.361 e. The van der Waals surface area contributed by atoms with Crippen LogP contribution in [0.2, 0.25) is 0 Å². The minimum Gasteiger partial charge on any atom is -0.361 e. The molecule has 0 radical (unpaired) electrons. The predicted octanol–water partition coefficient (Wildman–Crippen LogP) is 3.41. The van der Waals surface area contributed by atoms with Gasteiger partial charge < -0.3 is 20.1 Å². The number of nitrogens with one attached hydrogen (secondary N) is 2. The second-order valence-electron chi connectivity index (χ2n) is 7.22. The highest BCUT2D eigenvalue weighted by molar-refractivity contribution is 5.83. The van der Waals surface area contributed by atoms with E-state index in [4.69, 9.17) is 0 Å². The number of benzene rings is 2. The van der Waals surface area contributed by atoms with Crippen LogP contribution in [-0.4, -0.2) is 54.0 Å². The molecule has 5 heteroatoms. The molecule has 5 nitrogen and oxygen atoms in total. The van der Waals surface area contributed by atoms with Crippen molar-refractivity contribution in [3.05, 3.63) is 71.9 Å². The van der Waals surface area contributed by atoms with Crippen LogP contribution >= 0.6 is 0 Å². The molecular weight excluding hydrogens is 336 g/mol. The second kappa shape index (κ2) is 7.84. The SMILES string of the molecule is CN1CCN(C(=O)NCCc2c[nH]c3ccccc23)C(c2ccccc2)C1. The topological polar surface area (TPSA) is 51.4 Å². The van der Waals surface area contributed by atoms with E-state index in [1.54, 1.807) is 0 Å². The van der Waals surface area contributed by atoms with Crippen LogP contribution in [0, 0.1) is 0 Å².